The highest BCUT2D eigenvalue weighted by molar-refractivity contribution is 5.53. The Balaban J connectivity index is 2.00. The first-order valence-electron chi connectivity index (χ1n) is 31.2. The van der Waals surface area contributed by atoms with Gasteiger partial charge in [-0.15, -0.1) is 0 Å². The number of phenols is 3. The average molecular weight is 1080 g/mol. The van der Waals surface area contributed by atoms with Gasteiger partial charge < -0.3 is 39.0 Å². The van der Waals surface area contributed by atoms with E-state index in [-0.39, 0.29) is 49.9 Å². The molecular formula is C70H108O8. The van der Waals surface area contributed by atoms with E-state index >= 15 is 0 Å². The van der Waals surface area contributed by atoms with Crippen molar-refractivity contribution in [2.45, 2.75) is 273 Å². The summed E-state index contributed by atoms with van der Waals surface area (Å²) in [5.74, 6) is 0.362. The van der Waals surface area contributed by atoms with E-state index in [4.69, 9.17) is 23.7 Å². The molecule has 78 heavy (non-hydrogen) atoms. The van der Waals surface area contributed by atoms with E-state index in [1.807, 2.05) is 36.4 Å². The standard InChI is InChI=1S/C70H108O8/c1-6-11-16-21-26-31-36-41-74-54-59-46-62(52-64-48-60(55-75-42-37-32-27-22-17-12-7-2)50-66(69(64)72)57-77-44-39-34-29-24-19-14-9-4)68(71)63(47-59)53-65-49-61(56-76-43-38-33-28-23-18-13-8-3)51-67(70(65)73)58-78-45-40-35-30-25-20-15-10-5/h36-51,71-73H,6-35,52-58H2,1-5H3. The summed E-state index contributed by atoms with van der Waals surface area (Å²) >= 11 is 0. The summed E-state index contributed by atoms with van der Waals surface area (Å²) in [5.41, 5.74) is 6.56. The molecule has 3 aromatic rings. The highest BCUT2D eigenvalue weighted by atomic mass is 16.5. The molecule has 0 heterocycles. The van der Waals surface area contributed by atoms with Gasteiger partial charge in [-0.05, 0) is 170 Å². The van der Waals surface area contributed by atoms with Gasteiger partial charge in [-0.1, -0.05) is 163 Å². The number of hydrogen-bond acceptors (Lipinski definition) is 8. The maximum atomic E-state index is 12.3. The monoisotopic (exact) mass is 1080 g/mol. The summed E-state index contributed by atoms with van der Waals surface area (Å²) in [6.07, 6.45) is 55.1. The Morgan fingerprint density at radius 1 is 0.269 bits per heavy atom. The van der Waals surface area contributed by atoms with Gasteiger partial charge in [-0.2, -0.15) is 0 Å². The Bertz CT molecular complexity index is 2000. The second kappa shape index (κ2) is 45.6. The van der Waals surface area contributed by atoms with Crippen LogP contribution in [0.25, 0.3) is 0 Å². The predicted octanol–water partition coefficient (Wildman–Crippen LogP) is 20.9. The molecule has 0 saturated heterocycles. The van der Waals surface area contributed by atoms with Gasteiger partial charge in [0.15, 0.2) is 0 Å². The summed E-state index contributed by atoms with van der Waals surface area (Å²) in [7, 11) is 0. The fourth-order valence-corrected chi connectivity index (χ4v) is 9.63. The molecule has 0 amide bonds. The molecule has 3 N–H and O–H groups in total. The van der Waals surface area contributed by atoms with E-state index < -0.39 is 0 Å². The van der Waals surface area contributed by atoms with Crippen LogP contribution in [0.2, 0.25) is 0 Å². The maximum Gasteiger partial charge on any atom is 0.125 e. The number of rotatable bonds is 49. The second-order valence-electron chi connectivity index (χ2n) is 21.6. The van der Waals surface area contributed by atoms with Crippen LogP contribution in [-0.4, -0.2) is 15.3 Å². The third kappa shape index (κ3) is 30.8. The number of aromatic hydroxyl groups is 3. The van der Waals surface area contributed by atoms with Crippen molar-refractivity contribution in [3.8, 4) is 17.2 Å². The number of allylic oxidation sites excluding steroid dienone is 5. The molecule has 0 radical (unpaired) electrons. The molecule has 3 rings (SSSR count). The van der Waals surface area contributed by atoms with Crippen LogP contribution in [0.3, 0.4) is 0 Å². The third-order valence-corrected chi connectivity index (χ3v) is 14.3. The van der Waals surface area contributed by atoms with Crippen molar-refractivity contribution in [2.24, 2.45) is 0 Å². The van der Waals surface area contributed by atoms with Gasteiger partial charge in [0.05, 0.1) is 31.3 Å². The first kappa shape index (κ1) is 67.0. The molecule has 0 bridgehead atoms. The minimum absolute atomic E-state index is 0.103. The number of phenolic OH excluding ortho intramolecular Hbond substituents is 3. The van der Waals surface area contributed by atoms with Crippen LogP contribution in [0.1, 0.15) is 277 Å². The molecule has 0 fully saturated rings. The molecule has 0 aromatic heterocycles. The van der Waals surface area contributed by atoms with Crippen LogP contribution in [-0.2, 0) is 69.6 Å². The topological polar surface area (TPSA) is 107 Å². The zero-order valence-electron chi connectivity index (χ0n) is 49.8. The molecule has 0 aliphatic rings. The van der Waals surface area contributed by atoms with E-state index in [1.165, 1.54) is 128 Å². The van der Waals surface area contributed by atoms with Crippen molar-refractivity contribution >= 4 is 0 Å². The van der Waals surface area contributed by atoms with Crippen molar-refractivity contribution in [3.63, 3.8) is 0 Å². The highest BCUT2D eigenvalue weighted by Crippen LogP contribution is 2.36. The summed E-state index contributed by atoms with van der Waals surface area (Å²) < 4.78 is 30.4. The smallest absolute Gasteiger partial charge is 0.125 e. The number of ether oxygens (including phenoxy) is 5. The Labute approximate surface area is 475 Å². The Kier molecular flexibility index (Phi) is 39.2. The molecule has 0 unspecified atom stereocenters. The molecule has 0 atom stereocenters. The minimum atomic E-state index is 0.103. The molecule has 0 saturated carbocycles. The van der Waals surface area contributed by atoms with Crippen LogP contribution < -0.4 is 0 Å². The number of unbranched alkanes of at least 4 members (excludes halogenated alkanes) is 25. The normalized spacial score (nSPS) is 11.9. The molecule has 0 aliphatic heterocycles. The highest BCUT2D eigenvalue weighted by Gasteiger charge is 2.19. The van der Waals surface area contributed by atoms with Crippen LogP contribution >= 0.6 is 0 Å². The van der Waals surface area contributed by atoms with Gasteiger partial charge in [0.2, 0.25) is 0 Å². The average Bonchev–Trinajstić information content (AvgIpc) is 3.46. The van der Waals surface area contributed by atoms with E-state index in [0.717, 1.165) is 80.9 Å². The van der Waals surface area contributed by atoms with Crippen molar-refractivity contribution in [1.82, 2.24) is 0 Å². The van der Waals surface area contributed by atoms with Crippen LogP contribution in [0.15, 0.2) is 98.1 Å². The Morgan fingerprint density at radius 3 is 0.718 bits per heavy atom. The lowest BCUT2D eigenvalue weighted by molar-refractivity contribution is 0.226. The predicted molar refractivity (Wildman–Crippen MR) is 326 cm³/mol. The van der Waals surface area contributed by atoms with E-state index in [1.54, 1.807) is 31.3 Å². The molecular weight excluding hydrogens is 969 g/mol. The van der Waals surface area contributed by atoms with Gasteiger partial charge in [0.25, 0.3) is 0 Å². The largest absolute Gasteiger partial charge is 0.507 e. The zero-order chi connectivity index (χ0) is 55.9. The van der Waals surface area contributed by atoms with Gasteiger partial charge >= 0.3 is 0 Å². The van der Waals surface area contributed by atoms with Crippen molar-refractivity contribution in [3.05, 3.63) is 148 Å². The fraction of sp³-hybridized carbons (Fsp3) is 0.600. The molecule has 0 aliphatic carbocycles. The minimum Gasteiger partial charge on any atom is -0.507 e. The first-order chi connectivity index (χ1) is 38.3. The summed E-state index contributed by atoms with van der Waals surface area (Å²) in [5, 5.41) is 36.3. The molecule has 8 heteroatoms. The van der Waals surface area contributed by atoms with Crippen LogP contribution in [0, 0.1) is 0 Å². The van der Waals surface area contributed by atoms with E-state index in [0.29, 0.717) is 46.6 Å². The molecule has 3 aromatic carbocycles. The lowest BCUT2D eigenvalue weighted by atomic mass is 9.92. The third-order valence-electron chi connectivity index (χ3n) is 14.3. The molecule has 8 nitrogen and oxygen atoms in total. The maximum absolute atomic E-state index is 12.3. The van der Waals surface area contributed by atoms with Crippen molar-refractivity contribution < 1.29 is 39.0 Å². The summed E-state index contributed by atoms with van der Waals surface area (Å²) in [6, 6.07) is 11.8. The number of benzene rings is 3. The van der Waals surface area contributed by atoms with Gasteiger partial charge in [-0.25, -0.2) is 0 Å². The molecule has 436 valence electrons. The van der Waals surface area contributed by atoms with Crippen molar-refractivity contribution in [1.29, 1.82) is 0 Å². The Hall–Kier alpha value is -5.24. The fourth-order valence-electron chi connectivity index (χ4n) is 9.63. The van der Waals surface area contributed by atoms with E-state index in [2.05, 4.69) is 65.0 Å². The SMILES string of the molecule is CCCCCCCC=COCc1cc(COC=CCCCCCCC)c(O)c(Cc2cc(COC=CCCCCCCC)cc(Cc3cc(COC=CCCCCCCC)cc(COC=CCCCCCCC)c3O)c2O)c1. The van der Waals surface area contributed by atoms with Crippen LogP contribution in [0.4, 0.5) is 0 Å². The van der Waals surface area contributed by atoms with Crippen LogP contribution in [0.5, 0.6) is 17.2 Å². The number of hydrogen-bond donors (Lipinski definition) is 3. The summed E-state index contributed by atoms with van der Waals surface area (Å²) in [4.78, 5) is 0. The van der Waals surface area contributed by atoms with E-state index in [9.17, 15) is 15.3 Å². The van der Waals surface area contributed by atoms with Crippen molar-refractivity contribution in [2.75, 3.05) is 0 Å². The lowest BCUT2D eigenvalue weighted by Crippen LogP contribution is -2.03. The van der Waals surface area contributed by atoms with Gasteiger partial charge in [0.1, 0.15) is 50.3 Å². The molecule has 0 spiro atoms. The van der Waals surface area contributed by atoms with Gasteiger partial charge in [0, 0.05) is 24.0 Å². The first-order valence-corrected chi connectivity index (χ1v) is 31.2. The Morgan fingerprint density at radius 2 is 0.474 bits per heavy atom. The van der Waals surface area contributed by atoms with Gasteiger partial charge in [-0.3, -0.25) is 0 Å². The zero-order valence-corrected chi connectivity index (χ0v) is 49.8. The second-order valence-corrected chi connectivity index (χ2v) is 21.6. The quantitative estimate of drug-likeness (QED) is 0.0379. The lowest BCUT2D eigenvalue weighted by Gasteiger charge is -2.18. The summed E-state index contributed by atoms with van der Waals surface area (Å²) in [6.45, 7) is 12.5.